The Bertz CT molecular complexity index is 1270. The molecule has 184 valence electrons. The van der Waals surface area contributed by atoms with Crippen LogP contribution >= 0.6 is 11.3 Å². The maximum atomic E-state index is 13.2. The van der Waals surface area contributed by atoms with E-state index in [-0.39, 0.29) is 23.5 Å². The molecule has 0 saturated carbocycles. The number of amides is 2. The second-order valence-electron chi connectivity index (χ2n) is 9.01. The van der Waals surface area contributed by atoms with Crippen molar-refractivity contribution in [2.45, 2.75) is 18.8 Å². The van der Waals surface area contributed by atoms with Crippen molar-refractivity contribution in [3.8, 4) is 11.8 Å². The van der Waals surface area contributed by atoms with Crippen molar-refractivity contribution in [3.63, 3.8) is 0 Å². The molecule has 1 aromatic heterocycles. The number of piperidine rings is 1. The van der Waals surface area contributed by atoms with Gasteiger partial charge in [-0.25, -0.2) is 9.37 Å². The third-order valence-electron chi connectivity index (χ3n) is 6.72. The number of carbonyl (C=O) groups is 2. The van der Waals surface area contributed by atoms with Gasteiger partial charge in [-0.1, -0.05) is 24.1 Å². The number of likely N-dealkylation sites (tertiary alicyclic amines) is 1. The minimum Gasteiger partial charge on any atom is -0.368 e. The average Bonchev–Trinajstić information content (AvgIpc) is 3.43. The van der Waals surface area contributed by atoms with Crippen LogP contribution in [0.15, 0.2) is 60.0 Å². The largest absolute Gasteiger partial charge is 0.368 e. The van der Waals surface area contributed by atoms with Crippen molar-refractivity contribution in [2.24, 2.45) is 0 Å². The standard InChI is InChI=1S/C28H27FN4O2S/c29-23-7-9-24(10-8-23)31-16-18-33(19-17-31)28(35)25-20-36-27(30-25)22-12-14-32(15-13-22)26(34)11-6-21-4-2-1-3-5-21/h1-5,7-10,20,22H,12-19H2. The summed E-state index contributed by atoms with van der Waals surface area (Å²) < 4.78 is 13.2. The second-order valence-corrected chi connectivity index (χ2v) is 9.90. The first-order valence-corrected chi connectivity index (χ1v) is 13.1. The molecule has 3 heterocycles. The first-order chi connectivity index (χ1) is 17.6. The number of hydrogen-bond acceptors (Lipinski definition) is 5. The summed E-state index contributed by atoms with van der Waals surface area (Å²) in [4.78, 5) is 36.0. The van der Waals surface area contributed by atoms with Gasteiger partial charge in [0.15, 0.2) is 0 Å². The minimum atomic E-state index is -0.249. The first kappa shape index (κ1) is 24.0. The van der Waals surface area contributed by atoms with Gasteiger partial charge in [0.1, 0.15) is 11.5 Å². The summed E-state index contributed by atoms with van der Waals surface area (Å²) in [6.07, 6.45) is 1.63. The molecule has 0 N–H and O–H groups in total. The van der Waals surface area contributed by atoms with E-state index in [1.54, 1.807) is 17.0 Å². The Morgan fingerprint density at radius 3 is 2.28 bits per heavy atom. The van der Waals surface area contributed by atoms with Gasteiger partial charge in [0, 0.05) is 67.7 Å². The molecule has 2 fully saturated rings. The lowest BCUT2D eigenvalue weighted by molar-refractivity contribution is -0.126. The molecule has 0 radical (unpaired) electrons. The van der Waals surface area contributed by atoms with Gasteiger partial charge in [-0.15, -0.1) is 11.3 Å². The lowest BCUT2D eigenvalue weighted by Gasteiger charge is -2.35. The third kappa shape index (κ3) is 5.58. The molecule has 8 heteroatoms. The molecule has 2 aromatic carbocycles. The van der Waals surface area contributed by atoms with E-state index in [4.69, 9.17) is 0 Å². The average molecular weight is 503 g/mol. The van der Waals surface area contributed by atoms with Crippen LogP contribution in [0.3, 0.4) is 0 Å². The number of rotatable bonds is 3. The molecule has 2 aliphatic heterocycles. The summed E-state index contributed by atoms with van der Waals surface area (Å²) in [5.74, 6) is 5.49. The van der Waals surface area contributed by atoms with Gasteiger partial charge in [0.2, 0.25) is 0 Å². The fraction of sp³-hybridized carbons (Fsp3) is 0.321. The molecule has 3 aromatic rings. The van der Waals surface area contributed by atoms with Crippen LogP contribution in [-0.4, -0.2) is 65.9 Å². The number of piperazine rings is 1. The van der Waals surface area contributed by atoms with Crippen LogP contribution in [-0.2, 0) is 4.79 Å². The molecule has 2 amide bonds. The Hall–Kier alpha value is -3.70. The fourth-order valence-electron chi connectivity index (χ4n) is 4.61. The zero-order valence-corrected chi connectivity index (χ0v) is 20.7. The Morgan fingerprint density at radius 1 is 0.889 bits per heavy atom. The lowest BCUT2D eigenvalue weighted by Crippen LogP contribution is -2.48. The highest BCUT2D eigenvalue weighted by Crippen LogP contribution is 2.31. The van der Waals surface area contributed by atoms with E-state index < -0.39 is 0 Å². The predicted octanol–water partition coefficient (Wildman–Crippen LogP) is 4.00. The van der Waals surface area contributed by atoms with Crippen molar-refractivity contribution < 1.29 is 14.0 Å². The lowest BCUT2D eigenvalue weighted by atomic mass is 9.97. The van der Waals surface area contributed by atoms with E-state index in [0.29, 0.717) is 45.0 Å². The highest BCUT2D eigenvalue weighted by molar-refractivity contribution is 7.09. The van der Waals surface area contributed by atoms with Gasteiger partial charge in [0.05, 0.1) is 5.01 Å². The summed E-state index contributed by atoms with van der Waals surface area (Å²) in [5, 5.41) is 2.82. The molecule has 0 spiro atoms. The molecule has 0 unspecified atom stereocenters. The Morgan fingerprint density at radius 2 is 1.58 bits per heavy atom. The van der Waals surface area contributed by atoms with Crippen molar-refractivity contribution in [3.05, 3.63) is 82.1 Å². The molecular weight excluding hydrogens is 475 g/mol. The quantitative estimate of drug-likeness (QED) is 0.508. The monoisotopic (exact) mass is 502 g/mol. The van der Waals surface area contributed by atoms with Gasteiger partial charge in [-0.3, -0.25) is 9.59 Å². The Balaban J connectivity index is 1.12. The molecule has 2 aliphatic rings. The van der Waals surface area contributed by atoms with E-state index in [2.05, 4.69) is 21.7 Å². The van der Waals surface area contributed by atoms with Crippen LogP contribution in [0.25, 0.3) is 0 Å². The van der Waals surface area contributed by atoms with Crippen molar-refractivity contribution >= 4 is 28.8 Å². The predicted molar refractivity (Wildman–Crippen MR) is 139 cm³/mol. The van der Waals surface area contributed by atoms with Gasteiger partial charge in [-0.05, 0) is 49.2 Å². The van der Waals surface area contributed by atoms with Crippen LogP contribution in [0.1, 0.15) is 39.8 Å². The molecule has 6 nitrogen and oxygen atoms in total. The second kappa shape index (κ2) is 10.9. The summed E-state index contributed by atoms with van der Waals surface area (Å²) >= 11 is 1.53. The minimum absolute atomic E-state index is 0.0416. The van der Waals surface area contributed by atoms with Crippen LogP contribution in [0.5, 0.6) is 0 Å². The molecule has 0 bridgehead atoms. The van der Waals surface area contributed by atoms with Gasteiger partial charge in [-0.2, -0.15) is 0 Å². The van der Waals surface area contributed by atoms with E-state index in [1.807, 2.05) is 40.6 Å². The normalized spacial score (nSPS) is 16.4. The van der Waals surface area contributed by atoms with Crippen molar-refractivity contribution in [2.75, 3.05) is 44.2 Å². The van der Waals surface area contributed by atoms with E-state index in [0.717, 1.165) is 29.1 Å². The Labute approximate surface area is 214 Å². The smallest absolute Gasteiger partial charge is 0.298 e. The number of thiazole rings is 1. The summed E-state index contributed by atoms with van der Waals surface area (Å²) in [7, 11) is 0. The van der Waals surface area contributed by atoms with Gasteiger partial charge in [0.25, 0.3) is 11.8 Å². The van der Waals surface area contributed by atoms with E-state index in [1.165, 1.54) is 23.5 Å². The number of halogens is 1. The number of benzene rings is 2. The van der Waals surface area contributed by atoms with Crippen molar-refractivity contribution in [1.82, 2.24) is 14.8 Å². The number of hydrogen-bond donors (Lipinski definition) is 0. The molecule has 0 aliphatic carbocycles. The summed E-state index contributed by atoms with van der Waals surface area (Å²) in [6.45, 7) is 3.89. The molecule has 36 heavy (non-hydrogen) atoms. The zero-order valence-electron chi connectivity index (χ0n) is 19.9. The van der Waals surface area contributed by atoms with Crippen LogP contribution in [0, 0.1) is 17.7 Å². The first-order valence-electron chi connectivity index (χ1n) is 12.2. The summed E-state index contributed by atoms with van der Waals surface area (Å²) in [5.41, 5.74) is 2.30. The van der Waals surface area contributed by atoms with Crippen LogP contribution in [0.4, 0.5) is 10.1 Å². The number of anilines is 1. The van der Waals surface area contributed by atoms with Crippen LogP contribution in [0.2, 0.25) is 0 Å². The number of nitrogens with zero attached hydrogens (tertiary/aromatic N) is 4. The van der Waals surface area contributed by atoms with Gasteiger partial charge >= 0.3 is 0 Å². The maximum absolute atomic E-state index is 13.2. The Kier molecular flexibility index (Phi) is 7.28. The molecule has 0 atom stereocenters. The molecule has 5 rings (SSSR count). The van der Waals surface area contributed by atoms with Crippen molar-refractivity contribution in [1.29, 1.82) is 0 Å². The number of carbonyl (C=O) groups excluding carboxylic acids is 2. The highest BCUT2D eigenvalue weighted by Gasteiger charge is 2.28. The zero-order chi connectivity index (χ0) is 24.9. The van der Waals surface area contributed by atoms with E-state index in [9.17, 15) is 14.0 Å². The van der Waals surface area contributed by atoms with Crippen LogP contribution < -0.4 is 4.90 Å². The maximum Gasteiger partial charge on any atom is 0.298 e. The topological polar surface area (TPSA) is 56.8 Å². The highest BCUT2D eigenvalue weighted by atomic mass is 32.1. The molecule has 2 saturated heterocycles. The molecular formula is C28H27FN4O2S. The van der Waals surface area contributed by atoms with E-state index >= 15 is 0 Å². The fourth-order valence-corrected chi connectivity index (χ4v) is 5.58. The summed E-state index contributed by atoms with van der Waals surface area (Å²) in [6, 6.07) is 16.0. The SMILES string of the molecule is O=C(C#Cc1ccccc1)N1CCC(c2nc(C(=O)N3CCN(c4ccc(F)cc4)CC3)cs2)CC1. The third-order valence-corrected chi connectivity index (χ3v) is 7.73. The van der Waals surface area contributed by atoms with Gasteiger partial charge < -0.3 is 14.7 Å². The number of aromatic nitrogens is 1.